The Morgan fingerprint density at radius 3 is 2.12 bits per heavy atom. The molecule has 3 aromatic rings. The first kappa shape index (κ1) is 31.2. The van der Waals surface area contributed by atoms with E-state index in [0.29, 0.717) is 6.42 Å². The van der Waals surface area contributed by atoms with E-state index in [1.165, 1.54) is 25.2 Å². The third-order valence-corrected chi connectivity index (χ3v) is 8.94. The predicted molar refractivity (Wildman–Crippen MR) is 165 cm³/mol. The van der Waals surface area contributed by atoms with Gasteiger partial charge in [0.2, 0.25) is 10.0 Å². The molecule has 0 aliphatic carbocycles. The van der Waals surface area contributed by atoms with E-state index >= 15 is 0 Å². The van der Waals surface area contributed by atoms with Crippen molar-refractivity contribution in [1.29, 1.82) is 0 Å². The van der Waals surface area contributed by atoms with Gasteiger partial charge in [-0.2, -0.15) is 0 Å². The summed E-state index contributed by atoms with van der Waals surface area (Å²) in [6.45, 7) is 2.65. The third-order valence-electron chi connectivity index (χ3n) is 7.74. The number of aliphatic hydroxyl groups is 1. The summed E-state index contributed by atoms with van der Waals surface area (Å²) in [6, 6.07) is 22.3. The molecule has 4 atom stereocenters. The predicted octanol–water partition coefficient (Wildman–Crippen LogP) is 3.42. The van der Waals surface area contributed by atoms with Gasteiger partial charge in [0.05, 0.1) is 30.1 Å². The summed E-state index contributed by atoms with van der Waals surface area (Å²) < 4.78 is 25.8. The number of hydrogen-bond acceptors (Lipinski definition) is 6. The fraction of sp³-hybridized carbons (Fsp3) is 0.375. The first-order chi connectivity index (χ1) is 20.0. The summed E-state index contributed by atoms with van der Waals surface area (Å²) in [5.74, 6) is -0.962. The number of carbonyl (C=O) groups excluding carboxylic acids is 2. The van der Waals surface area contributed by atoms with Crippen LogP contribution in [0.3, 0.4) is 0 Å². The van der Waals surface area contributed by atoms with Crippen LogP contribution >= 0.6 is 0 Å². The van der Waals surface area contributed by atoms with Crippen LogP contribution in [0.4, 0.5) is 5.69 Å². The van der Waals surface area contributed by atoms with Crippen molar-refractivity contribution < 1.29 is 23.1 Å². The Labute approximate surface area is 248 Å². The van der Waals surface area contributed by atoms with Crippen LogP contribution in [0.1, 0.15) is 64.1 Å². The number of amides is 2. The van der Waals surface area contributed by atoms with Crippen LogP contribution in [0.25, 0.3) is 0 Å². The Bertz CT molecular complexity index is 1460. The average molecular weight is 593 g/mol. The topological polar surface area (TPSA) is 128 Å². The minimum atomic E-state index is -3.68. The number of nitrogens with zero attached hydrogens (tertiary/aromatic N) is 1. The fourth-order valence-electron chi connectivity index (χ4n) is 5.18. The number of sulfonamides is 1. The molecule has 2 unspecified atom stereocenters. The Hall–Kier alpha value is -3.73. The molecule has 1 heterocycles. The van der Waals surface area contributed by atoms with Gasteiger partial charge in [-0.15, -0.1) is 0 Å². The second-order valence-electron chi connectivity index (χ2n) is 10.9. The molecule has 0 spiro atoms. The van der Waals surface area contributed by atoms with Crippen molar-refractivity contribution in [2.75, 3.05) is 24.2 Å². The minimum absolute atomic E-state index is 0.113. The fourth-order valence-corrected chi connectivity index (χ4v) is 5.67. The Balaban J connectivity index is 1.64. The maximum atomic E-state index is 13.7. The van der Waals surface area contributed by atoms with Gasteiger partial charge in [-0.1, -0.05) is 67.1 Å². The van der Waals surface area contributed by atoms with Gasteiger partial charge >= 0.3 is 0 Å². The van der Waals surface area contributed by atoms with Crippen LogP contribution in [-0.2, 0) is 16.4 Å². The van der Waals surface area contributed by atoms with Gasteiger partial charge < -0.3 is 21.1 Å². The van der Waals surface area contributed by atoms with Gasteiger partial charge in [0.15, 0.2) is 0 Å². The molecule has 0 saturated carbocycles. The van der Waals surface area contributed by atoms with Crippen molar-refractivity contribution in [3.63, 3.8) is 0 Å². The minimum Gasteiger partial charge on any atom is -0.389 e. The molecule has 224 valence electrons. The van der Waals surface area contributed by atoms with Crippen molar-refractivity contribution >= 4 is 27.5 Å². The van der Waals surface area contributed by atoms with E-state index in [-0.39, 0.29) is 28.9 Å². The maximum absolute atomic E-state index is 13.7. The second kappa shape index (κ2) is 14.0. The van der Waals surface area contributed by atoms with E-state index in [1.807, 2.05) is 67.6 Å². The summed E-state index contributed by atoms with van der Waals surface area (Å²) in [7, 11) is -2.30. The van der Waals surface area contributed by atoms with Crippen LogP contribution in [0.2, 0.25) is 0 Å². The number of carbonyl (C=O) groups is 2. The van der Waals surface area contributed by atoms with Crippen LogP contribution in [0.5, 0.6) is 0 Å². The molecule has 9 nitrogen and oxygen atoms in total. The van der Waals surface area contributed by atoms with E-state index in [1.54, 1.807) is 0 Å². The highest BCUT2D eigenvalue weighted by molar-refractivity contribution is 7.92. The summed E-state index contributed by atoms with van der Waals surface area (Å²) in [6.07, 6.45) is 3.41. The monoisotopic (exact) mass is 592 g/mol. The number of nitrogens with one attached hydrogen (secondary N) is 3. The van der Waals surface area contributed by atoms with Crippen molar-refractivity contribution in [2.24, 2.45) is 0 Å². The molecule has 1 aliphatic rings. The van der Waals surface area contributed by atoms with Gasteiger partial charge in [0.25, 0.3) is 11.8 Å². The standard InChI is InChI=1S/C32H40N4O5S/c1-22(24-14-8-5-9-15-24)34-31(38)25-19-26(21-27(20-25)36(2)42(3,40)41)32(39)35-29(18-23-12-6-4-7-13-23)30(37)28-16-10-11-17-33-28/h4-9,12-15,19-22,28-30,33,37H,10-11,16-18H2,1-3H3,(H,34,38)(H,35,39)/t22-,28?,29?,30-/m1/s1. The summed E-state index contributed by atoms with van der Waals surface area (Å²) in [5.41, 5.74) is 2.30. The SMILES string of the molecule is C[C@@H](NC(=O)c1cc(C(=O)NC(Cc2ccccc2)[C@H](O)C2CCCCN2)cc(N(C)S(C)(=O)=O)c1)c1ccccc1. The number of rotatable bonds is 11. The molecule has 0 bridgehead atoms. The lowest BCUT2D eigenvalue weighted by molar-refractivity contribution is 0.0647. The van der Waals surface area contributed by atoms with Gasteiger partial charge in [-0.05, 0) is 62.1 Å². The van der Waals surface area contributed by atoms with Gasteiger partial charge in [0.1, 0.15) is 0 Å². The molecule has 0 aromatic heterocycles. The quantitative estimate of drug-likeness (QED) is 0.270. The van der Waals surface area contributed by atoms with Crippen molar-refractivity contribution in [1.82, 2.24) is 16.0 Å². The average Bonchev–Trinajstić information content (AvgIpc) is 3.00. The largest absolute Gasteiger partial charge is 0.389 e. The Morgan fingerprint density at radius 2 is 1.55 bits per heavy atom. The van der Waals surface area contributed by atoms with Crippen molar-refractivity contribution in [3.8, 4) is 0 Å². The molecule has 0 radical (unpaired) electrons. The highest BCUT2D eigenvalue weighted by atomic mass is 32.2. The summed E-state index contributed by atoms with van der Waals surface area (Å²) in [5, 5.41) is 20.6. The third kappa shape index (κ3) is 8.18. The van der Waals surface area contributed by atoms with Gasteiger partial charge in [0, 0.05) is 24.2 Å². The van der Waals surface area contributed by atoms with Crippen LogP contribution in [0, 0.1) is 0 Å². The molecule has 4 N–H and O–H groups in total. The molecule has 2 amide bonds. The lowest BCUT2D eigenvalue weighted by Gasteiger charge is -2.34. The molecule has 1 fully saturated rings. The zero-order valence-corrected chi connectivity index (χ0v) is 25.1. The van der Waals surface area contributed by atoms with Crippen LogP contribution in [-0.4, -0.2) is 63.4 Å². The highest BCUT2D eigenvalue weighted by Gasteiger charge is 2.31. The van der Waals surface area contributed by atoms with Gasteiger partial charge in [-0.3, -0.25) is 13.9 Å². The molecule has 3 aromatic carbocycles. The highest BCUT2D eigenvalue weighted by Crippen LogP contribution is 2.23. The molecular weight excluding hydrogens is 552 g/mol. The lowest BCUT2D eigenvalue weighted by Crippen LogP contribution is -2.55. The molecule has 1 aliphatic heterocycles. The van der Waals surface area contributed by atoms with Gasteiger partial charge in [-0.25, -0.2) is 8.42 Å². The Kier molecular flexibility index (Phi) is 10.4. The second-order valence-corrected chi connectivity index (χ2v) is 12.9. The Morgan fingerprint density at radius 1 is 0.952 bits per heavy atom. The molecular formula is C32H40N4O5S. The number of benzene rings is 3. The number of aliphatic hydroxyl groups excluding tert-OH is 1. The maximum Gasteiger partial charge on any atom is 0.251 e. The zero-order valence-electron chi connectivity index (χ0n) is 24.3. The normalized spacial score (nSPS) is 17.5. The molecule has 4 rings (SSSR count). The van der Waals surface area contributed by atoms with Crippen molar-refractivity contribution in [3.05, 3.63) is 101 Å². The molecule has 1 saturated heterocycles. The molecule has 42 heavy (non-hydrogen) atoms. The van der Waals surface area contributed by atoms with E-state index < -0.39 is 34.0 Å². The summed E-state index contributed by atoms with van der Waals surface area (Å²) in [4.78, 5) is 27.1. The van der Waals surface area contributed by atoms with E-state index in [9.17, 15) is 23.1 Å². The number of anilines is 1. The number of hydrogen-bond donors (Lipinski definition) is 4. The van der Waals surface area contributed by atoms with E-state index in [4.69, 9.17) is 0 Å². The smallest absolute Gasteiger partial charge is 0.251 e. The van der Waals surface area contributed by atoms with Crippen LogP contribution in [0.15, 0.2) is 78.9 Å². The summed E-state index contributed by atoms with van der Waals surface area (Å²) >= 11 is 0. The van der Waals surface area contributed by atoms with E-state index in [0.717, 1.165) is 47.5 Å². The van der Waals surface area contributed by atoms with E-state index in [2.05, 4.69) is 16.0 Å². The first-order valence-corrected chi connectivity index (χ1v) is 16.1. The molecule has 10 heteroatoms. The number of piperidine rings is 1. The van der Waals surface area contributed by atoms with Crippen molar-refractivity contribution in [2.45, 2.75) is 56.8 Å². The zero-order chi connectivity index (χ0) is 30.3. The van der Waals surface area contributed by atoms with Crippen LogP contribution < -0.4 is 20.3 Å². The first-order valence-electron chi connectivity index (χ1n) is 14.2. The lowest BCUT2D eigenvalue weighted by atomic mass is 9.91.